The first-order valence-electron chi connectivity index (χ1n) is 6.93. The average molecular weight is 306 g/mol. The molecule has 7 nitrogen and oxygen atoms in total. The first-order chi connectivity index (χ1) is 10.5. The van der Waals surface area contributed by atoms with Gasteiger partial charge in [0.05, 0.1) is 6.10 Å². The molecule has 1 fully saturated rings. The lowest BCUT2D eigenvalue weighted by Gasteiger charge is -2.38. The molecule has 7 heteroatoms. The van der Waals surface area contributed by atoms with Gasteiger partial charge in [-0.1, -0.05) is 30.3 Å². The number of carbonyl (C=O) groups excluding carboxylic acids is 2. The molecule has 1 aromatic rings. The molecule has 0 spiro atoms. The Morgan fingerprint density at radius 1 is 1.36 bits per heavy atom. The summed E-state index contributed by atoms with van der Waals surface area (Å²) in [7, 11) is 0. The van der Waals surface area contributed by atoms with Gasteiger partial charge in [0.25, 0.3) is 0 Å². The fraction of sp³-hybridized carbons (Fsp3) is 0.400. The normalized spacial score (nSPS) is 21.5. The molecule has 22 heavy (non-hydrogen) atoms. The molecule has 0 saturated carbocycles. The van der Waals surface area contributed by atoms with E-state index in [1.807, 2.05) is 30.3 Å². The Morgan fingerprint density at radius 3 is 2.68 bits per heavy atom. The Morgan fingerprint density at radius 2 is 2.05 bits per heavy atom. The van der Waals surface area contributed by atoms with E-state index in [9.17, 15) is 14.4 Å². The minimum atomic E-state index is -1.14. The SMILES string of the molecule is C[C@H]1OCC(=O)N(Cc2ccccc2)[C@@H]1C(=O)NCC(=O)O. The van der Waals surface area contributed by atoms with Crippen LogP contribution in [0.5, 0.6) is 0 Å². The van der Waals surface area contributed by atoms with Crippen LogP contribution < -0.4 is 5.32 Å². The summed E-state index contributed by atoms with van der Waals surface area (Å²) in [4.78, 5) is 36.3. The van der Waals surface area contributed by atoms with Gasteiger partial charge in [-0.3, -0.25) is 14.4 Å². The van der Waals surface area contributed by atoms with E-state index in [-0.39, 0.29) is 19.1 Å². The largest absolute Gasteiger partial charge is 0.480 e. The summed E-state index contributed by atoms with van der Waals surface area (Å²) >= 11 is 0. The third-order valence-electron chi connectivity index (χ3n) is 3.45. The number of nitrogens with one attached hydrogen (secondary N) is 1. The predicted octanol–water partition coefficient (Wildman–Crippen LogP) is 0.00330. The molecule has 0 aromatic heterocycles. The number of rotatable bonds is 5. The van der Waals surface area contributed by atoms with Crippen molar-refractivity contribution in [3.8, 4) is 0 Å². The van der Waals surface area contributed by atoms with E-state index in [4.69, 9.17) is 9.84 Å². The highest BCUT2D eigenvalue weighted by molar-refractivity contribution is 5.91. The van der Waals surface area contributed by atoms with Gasteiger partial charge in [0.15, 0.2) is 0 Å². The van der Waals surface area contributed by atoms with E-state index in [2.05, 4.69) is 5.32 Å². The number of benzene rings is 1. The van der Waals surface area contributed by atoms with Crippen LogP contribution in [-0.4, -0.2) is 53.1 Å². The number of amides is 2. The highest BCUT2D eigenvalue weighted by atomic mass is 16.5. The molecule has 1 heterocycles. The van der Waals surface area contributed by atoms with E-state index < -0.39 is 30.6 Å². The van der Waals surface area contributed by atoms with Crippen LogP contribution >= 0.6 is 0 Å². The van der Waals surface area contributed by atoms with Crippen molar-refractivity contribution >= 4 is 17.8 Å². The number of aliphatic carboxylic acids is 1. The Bertz CT molecular complexity index is 560. The quantitative estimate of drug-likeness (QED) is 0.798. The molecule has 0 bridgehead atoms. The lowest BCUT2D eigenvalue weighted by atomic mass is 10.1. The Hall–Kier alpha value is -2.41. The fourth-order valence-corrected chi connectivity index (χ4v) is 2.37. The van der Waals surface area contributed by atoms with Crippen LogP contribution in [0.15, 0.2) is 30.3 Å². The molecular formula is C15H18N2O5. The minimum absolute atomic E-state index is 0.0866. The van der Waals surface area contributed by atoms with E-state index in [0.717, 1.165) is 5.56 Å². The fourth-order valence-electron chi connectivity index (χ4n) is 2.37. The maximum absolute atomic E-state index is 12.2. The summed E-state index contributed by atoms with van der Waals surface area (Å²) in [6, 6.07) is 8.44. The number of hydrogen-bond acceptors (Lipinski definition) is 4. The minimum Gasteiger partial charge on any atom is -0.480 e. The van der Waals surface area contributed by atoms with Gasteiger partial charge in [-0.2, -0.15) is 0 Å². The third kappa shape index (κ3) is 3.82. The molecule has 2 amide bonds. The Kier molecular flexibility index (Phi) is 5.11. The second-order valence-electron chi connectivity index (χ2n) is 5.08. The van der Waals surface area contributed by atoms with Gasteiger partial charge < -0.3 is 20.1 Å². The van der Waals surface area contributed by atoms with Crippen molar-refractivity contribution in [3.05, 3.63) is 35.9 Å². The van der Waals surface area contributed by atoms with Crippen molar-refractivity contribution < 1.29 is 24.2 Å². The molecule has 1 aromatic carbocycles. The van der Waals surface area contributed by atoms with Gasteiger partial charge in [0.2, 0.25) is 11.8 Å². The molecule has 1 aliphatic rings. The molecule has 1 aliphatic heterocycles. The highest BCUT2D eigenvalue weighted by Gasteiger charge is 2.39. The van der Waals surface area contributed by atoms with Crippen molar-refractivity contribution in [2.45, 2.75) is 25.6 Å². The Balaban J connectivity index is 2.15. The van der Waals surface area contributed by atoms with Gasteiger partial charge in [0, 0.05) is 6.54 Å². The van der Waals surface area contributed by atoms with Crippen molar-refractivity contribution in [3.63, 3.8) is 0 Å². The third-order valence-corrected chi connectivity index (χ3v) is 3.45. The number of hydrogen-bond donors (Lipinski definition) is 2. The summed E-state index contributed by atoms with van der Waals surface area (Å²) in [5.41, 5.74) is 0.890. The van der Waals surface area contributed by atoms with Crippen LogP contribution in [0.25, 0.3) is 0 Å². The van der Waals surface area contributed by atoms with Crippen molar-refractivity contribution in [1.82, 2.24) is 10.2 Å². The van der Waals surface area contributed by atoms with E-state index in [1.165, 1.54) is 4.90 Å². The molecule has 1 saturated heterocycles. The molecule has 2 N–H and O–H groups in total. The van der Waals surface area contributed by atoms with Crippen molar-refractivity contribution in [2.75, 3.05) is 13.2 Å². The lowest BCUT2D eigenvalue weighted by molar-refractivity contribution is -0.163. The zero-order chi connectivity index (χ0) is 16.1. The topological polar surface area (TPSA) is 95.9 Å². The van der Waals surface area contributed by atoms with Crippen LogP contribution in [0.3, 0.4) is 0 Å². The summed E-state index contributed by atoms with van der Waals surface area (Å²) in [5, 5.41) is 11.0. The van der Waals surface area contributed by atoms with E-state index in [0.29, 0.717) is 0 Å². The second-order valence-corrected chi connectivity index (χ2v) is 5.08. The molecule has 118 valence electrons. The van der Waals surface area contributed by atoms with Gasteiger partial charge in [0.1, 0.15) is 19.2 Å². The standard InChI is InChI=1S/C15H18N2O5/c1-10-14(15(21)16-7-13(19)20)17(12(18)9-22-10)8-11-5-3-2-4-6-11/h2-6,10,14H,7-9H2,1H3,(H,16,21)(H,19,20)/t10-,14+/m1/s1. The number of ether oxygens (including phenoxy) is 1. The van der Waals surface area contributed by atoms with Gasteiger partial charge in [-0.05, 0) is 12.5 Å². The summed E-state index contributed by atoms with van der Waals surface area (Å²) < 4.78 is 5.30. The zero-order valence-corrected chi connectivity index (χ0v) is 12.2. The number of carboxylic acid groups (broad SMARTS) is 1. The maximum atomic E-state index is 12.2. The second kappa shape index (κ2) is 7.04. The van der Waals surface area contributed by atoms with Crippen LogP contribution in [-0.2, 0) is 25.7 Å². The Labute approximate surface area is 127 Å². The molecule has 2 rings (SSSR count). The molecule has 0 aliphatic carbocycles. The van der Waals surface area contributed by atoms with Crippen molar-refractivity contribution in [1.29, 1.82) is 0 Å². The number of nitrogens with zero attached hydrogens (tertiary/aromatic N) is 1. The van der Waals surface area contributed by atoms with Crippen LogP contribution in [0.2, 0.25) is 0 Å². The summed E-state index contributed by atoms with van der Waals surface area (Å²) in [6.45, 7) is 1.39. The molecular weight excluding hydrogens is 288 g/mol. The van der Waals surface area contributed by atoms with Gasteiger partial charge >= 0.3 is 5.97 Å². The first kappa shape index (κ1) is 16.0. The van der Waals surface area contributed by atoms with Crippen LogP contribution in [0.1, 0.15) is 12.5 Å². The monoisotopic (exact) mass is 306 g/mol. The maximum Gasteiger partial charge on any atom is 0.322 e. The summed E-state index contributed by atoms with van der Waals surface area (Å²) in [5.74, 6) is -1.96. The molecule has 0 radical (unpaired) electrons. The average Bonchev–Trinajstić information content (AvgIpc) is 2.50. The molecule has 2 atom stereocenters. The van der Waals surface area contributed by atoms with Crippen LogP contribution in [0, 0.1) is 0 Å². The number of carboxylic acids is 1. The number of carbonyl (C=O) groups is 3. The first-order valence-corrected chi connectivity index (χ1v) is 6.93. The van der Waals surface area contributed by atoms with Crippen molar-refractivity contribution in [2.24, 2.45) is 0 Å². The predicted molar refractivity (Wildman–Crippen MR) is 76.8 cm³/mol. The van der Waals surface area contributed by atoms with E-state index in [1.54, 1.807) is 6.92 Å². The van der Waals surface area contributed by atoms with Gasteiger partial charge in [-0.15, -0.1) is 0 Å². The van der Waals surface area contributed by atoms with Crippen LogP contribution in [0.4, 0.5) is 0 Å². The van der Waals surface area contributed by atoms with Gasteiger partial charge in [-0.25, -0.2) is 0 Å². The highest BCUT2D eigenvalue weighted by Crippen LogP contribution is 2.18. The summed E-state index contributed by atoms with van der Waals surface area (Å²) in [6.07, 6.45) is -0.504. The van der Waals surface area contributed by atoms with E-state index >= 15 is 0 Å². The number of morpholine rings is 1. The molecule has 0 unspecified atom stereocenters. The smallest absolute Gasteiger partial charge is 0.322 e. The lowest BCUT2D eigenvalue weighted by Crippen LogP contribution is -2.59. The zero-order valence-electron chi connectivity index (χ0n) is 12.2.